The van der Waals surface area contributed by atoms with Crippen LogP contribution in [0, 0.1) is 5.92 Å². The summed E-state index contributed by atoms with van der Waals surface area (Å²) in [5.74, 6) is -0.773. The standard InChI is InChI=1S/C13H21NO3/c1-13(2,3)14-12(17)10-6-4-9(5-7-10)8-11(15)16/h8,10H,4-7H2,1-3H3,(H,14,17)(H,15,16). The van der Waals surface area contributed by atoms with Gasteiger partial charge in [0.15, 0.2) is 0 Å². The lowest BCUT2D eigenvalue weighted by molar-refractivity contribution is -0.131. The van der Waals surface area contributed by atoms with E-state index in [9.17, 15) is 9.59 Å². The lowest BCUT2D eigenvalue weighted by Crippen LogP contribution is -2.44. The van der Waals surface area contributed by atoms with Crippen molar-refractivity contribution in [1.82, 2.24) is 5.32 Å². The number of allylic oxidation sites excluding steroid dienone is 1. The predicted molar refractivity (Wildman–Crippen MR) is 65.6 cm³/mol. The Bertz CT molecular complexity index is 329. The van der Waals surface area contributed by atoms with Crippen LogP contribution in [0.1, 0.15) is 46.5 Å². The van der Waals surface area contributed by atoms with E-state index in [1.807, 2.05) is 20.8 Å². The first-order valence-electron chi connectivity index (χ1n) is 6.02. The Morgan fingerprint density at radius 3 is 2.24 bits per heavy atom. The van der Waals surface area contributed by atoms with Gasteiger partial charge in [-0.3, -0.25) is 4.79 Å². The molecule has 4 nitrogen and oxygen atoms in total. The van der Waals surface area contributed by atoms with Crippen LogP contribution in [0.25, 0.3) is 0 Å². The fourth-order valence-corrected chi connectivity index (χ4v) is 2.04. The molecule has 17 heavy (non-hydrogen) atoms. The Labute approximate surface area is 102 Å². The number of aliphatic carboxylic acids is 1. The number of hydrogen-bond donors (Lipinski definition) is 2. The maximum atomic E-state index is 11.9. The third-order valence-corrected chi connectivity index (χ3v) is 2.82. The number of carboxylic acid groups (broad SMARTS) is 1. The van der Waals surface area contributed by atoms with Crippen LogP contribution >= 0.6 is 0 Å². The van der Waals surface area contributed by atoms with Crippen molar-refractivity contribution < 1.29 is 14.7 Å². The van der Waals surface area contributed by atoms with Crippen molar-refractivity contribution in [2.45, 2.75) is 52.0 Å². The fraction of sp³-hybridized carbons (Fsp3) is 0.692. The van der Waals surface area contributed by atoms with E-state index in [-0.39, 0.29) is 17.4 Å². The molecule has 0 aromatic heterocycles. The normalized spacial score (nSPS) is 20.9. The lowest BCUT2D eigenvalue weighted by Gasteiger charge is -2.27. The largest absolute Gasteiger partial charge is 0.478 e. The summed E-state index contributed by atoms with van der Waals surface area (Å²) in [6.07, 6.45) is 4.21. The molecule has 0 atom stereocenters. The molecule has 4 heteroatoms. The maximum absolute atomic E-state index is 11.9. The first-order valence-corrected chi connectivity index (χ1v) is 6.02. The topological polar surface area (TPSA) is 66.4 Å². The molecule has 96 valence electrons. The minimum absolute atomic E-state index is 0.0279. The fourth-order valence-electron chi connectivity index (χ4n) is 2.04. The Kier molecular flexibility index (Phi) is 4.32. The van der Waals surface area contributed by atoms with Gasteiger partial charge in [0.2, 0.25) is 5.91 Å². The van der Waals surface area contributed by atoms with Gasteiger partial charge in [0.25, 0.3) is 0 Å². The second-order valence-electron chi connectivity index (χ2n) is 5.65. The number of hydrogen-bond acceptors (Lipinski definition) is 2. The molecule has 0 spiro atoms. The Morgan fingerprint density at radius 2 is 1.82 bits per heavy atom. The summed E-state index contributed by atoms with van der Waals surface area (Å²) in [4.78, 5) is 22.4. The highest BCUT2D eigenvalue weighted by Gasteiger charge is 2.26. The molecule has 0 unspecified atom stereocenters. The van der Waals surface area contributed by atoms with Gasteiger partial charge in [-0.1, -0.05) is 5.57 Å². The highest BCUT2D eigenvalue weighted by molar-refractivity contribution is 5.81. The molecule has 1 rings (SSSR count). The molecule has 1 aliphatic carbocycles. The summed E-state index contributed by atoms with van der Waals surface area (Å²) >= 11 is 0. The highest BCUT2D eigenvalue weighted by Crippen LogP contribution is 2.28. The van der Waals surface area contributed by atoms with Crippen molar-refractivity contribution in [3.05, 3.63) is 11.6 Å². The molecular weight excluding hydrogens is 218 g/mol. The van der Waals surface area contributed by atoms with E-state index in [1.54, 1.807) is 0 Å². The first kappa shape index (κ1) is 13.7. The Morgan fingerprint density at radius 1 is 1.29 bits per heavy atom. The molecule has 1 saturated carbocycles. The molecule has 0 bridgehead atoms. The van der Waals surface area contributed by atoms with Gasteiger partial charge in [0, 0.05) is 17.5 Å². The lowest BCUT2D eigenvalue weighted by atomic mass is 9.84. The van der Waals surface area contributed by atoms with E-state index in [4.69, 9.17) is 5.11 Å². The first-order chi connectivity index (χ1) is 7.78. The van der Waals surface area contributed by atoms with E-state index in [1.165, 1.54) is 6.08 Å². The zero-order valence-corrected chi connectivity index (χ0v) is 10.7. The molecule has 0 aromatic carbocycles. The van der Waals surface area contributed by atoms with E-state index in [0.717, 1.165) is 18.4 Å². The summed E-state index contributed by atoms with van der Waals surface area (Å²) in [5, 5.41) is 11.6. The van der Waals surface area contributed by atoms with Gasteiger partial charge in [-0.05, 0) is 46.5 Å². The van der Waals surface area contributed by atoms with Crippen molar-refractivity contribution in [2.75, 3.05) is 0 Å². The van der Waals surface area contributed by atoms with Gasteiger partial charge >= 0.3 is 5.97 Å². The molecule has 1 fully saturated rings. The quantitative estimate of drug-likeness (QED) is 0.725. The van der Waals surface area contributed by atoms with Crippen molar-refractivity contribution in [2.24, 2.45) is 5.92 Å². The minimum atomic E-state index is -0.891. The van der Waals surface area contributed by atoms with Crippen LogP contribution in [-0.4, -0.2) is 22.5 Å². The van der Waals surface area contributed by atoms with Gasteiger partial charge in [-0.25, -0.2) is 4.79 Å². The molecule has 0 saturated heterocycles. The number of carbonyl (C=O) groups excluding carboxylic acids is 1. The van der Waals surface area contributed by atoms with Gasteiger partial charge in [-0.2, -0.15) is 0 Å². The van der Waals surface area contributed by atoms with Gasteiger partial charge < -0.3 is 10.4 Å². The van der Waals surface area contributed by atoms with Gasteiger partial charge in [-0.15, -0.1) is 0 Å². The van der Waals surface area contributed by atoms with E-state index >= 15 is 0 Å². The van der Waals surface area contributed by atoms with E-state index < -0.39 is 5.97 Å². The van der Waals surface area contributed by atoms with Crippen molar-refractivity contribution in [3.63, 3.8) is 0 Å². The Hall–Kier alpha value is -1.32. The molecule has 0 radical (unpaired) electrons. The van der Waals surface area contributed by atoms with Gasteiger partial charge in [0.05, 0.1) is 0 Å². The average Bonchev–Trinajstić information content (AvgIpc) is 2.15. The average molecular weight is 239 g/mol. The smallest absolute Gasteiger partial charge is 0.328 e. The summed E-state index contributed by atoms with van der Waals surface area (Å²) in [6.45, 7) is 5.89. The SMILES string of the molecule is CC(C)(C)NC(=O)C1CCC(=CC(=O)O)CC1. The molecule has 1 aliphatic rings. The third-order valence-electron chi connectivity index (χ3n) is 2.82. The maximum Gasteiger partial charge on any atom is 0.328 e. The highest BCUT2D eigenvalue weighted by atomic mass is 16.4. The number of nitrogens with one attached hydrogen (secondary N) is 1. The monoisotopic (exact) mass is 239 g/mol. The van der Waals surface area contributed by atoms with E-state index in [0.29, 0.717) is 12.8 Å². The molecule has 0 aromatic rings. The minimum Gasteiger partial charge on any atom is -0.478 e. The van der Waals surface area contributed by atoms with Crippen molar-refractivity contribution in [3.8, 4) is 0 Å². The third kappa shape index (κ3) is 5.02. The second kappa shape index (κ2) is 5.34. The summed E-state index contributed by atoms with van der Waals surface area (Å²) in [7, 11) is 0. The molecule has 1 amide bonds. The van der Waals surface area contributed by atoms with Crippen LogP contribution in [0.3, 0.4) is 0 Å². The molecule has 0 aliphatic heterocycles. The zero-order chi connectivity index (χ0) is 13.1. The van der Waals surface area contributed by atoms with Crippen molar-refractivity contribution >= 4 is 11.9 Å². The van der Waals surface area contributed by atoms with E-state index in [2.05, 4.69) is 5.32 Å². The van der Waals surface area contributed by atoms with Gasteiger partial charge in [0.1, 0.15) is 0 Å². The van der Waals surface area contributed by atoms with Crippen LogP contribution in [0.5, 0.6) is 0 Å². The number of amides is 1. The second-order valence-corrected chi connectivity index (χ2v) is 5.65. The summed E-state index contributed by atoms with van der Waals surface area (Å²) in [5.41, 5.74) is 0.742. The van der Waals surface area contributed by atoms with Crippen LogP contribution in [0.15, 0.2) is 11.6 Å². The molecule has 2 N–H and O–H groups in total. The van der Waals surface area contributed by atoms with Crippen LogP contribution in [0.4, 0.5) is 0 Å². The van der Waals surface area contributed by atoms with Crippen molar-refractivity contribution in [1.29, 1.82) is 0 Å². The number of carboxylic acids is 1. The molecule has 0 heterocycles. The summed E-state index contributed by atoms with van der Waals surface area (Å²) < 4.78 is 0. The number of rotatable bonds is 2. The zero-order valence-electron chi connectivity index (χ0n) is 10.7. The Balaban J connectivity index is 2.47. The van der Waals surface area contributed by atoms with Crippen LogP contribution < -0.4 is 5.32 Å². The molecular formula is C13H21NO3. The number of carbonyl (C=O) groups is 2. The van der Waals surface area contributed by atoms with Crippen LogP contribution in [-0.2, 0) is 9.59 Å². The predicted octanol–water partition coefficient (Wildman–Crippen LogP) is 2.10. The van der Waals surface area contributed by atoms with Crippen LogP contribution in [0.2, 0.25) is 0 Å². The summed E-state index contributed by atoms with van der Waals surface area (Å²) in [6, 6.07) is 0.